The largest absolute Gasteiger partial charge is 0.459 e. The van der Waals surface area contributed by atoms with E-state index in [1.165, 1.54) is 12.3 Å². The third kappa shape index (κ3) is 4.44. The summed E-state index contributed by atoms with van der Waals surface area (Å²) in [7, 11) is 0. The van der Waals surface area contributed by atoms with Crippen molar-refractivity contribution in [1.29, 1.82) is 0 Å². The van der Waals surface area contributed by atoms with E-state index in [0.29, 0.717) is 5.56 Å². The van der Waals surface area contributed by atoms with Crippen LogP contribution < -0.4 is 10.9 Å². The standard InChI is InChI=1S/C16H16N2O5/c1-10-5-6-12(11(2)8-10)16(21)23-9-14(19)17-18-15(20)13-4-3-7-22-13/h3-8H,9H2,1-2H3,(H,17,19)(H,18,20). The van der Waals surface area contributed by atoms with Crippen LogP contribution in [0.1, 0.15) is 32.0 Å². The summed E-state index contributed by atoms with van der Waals surface area (Å²) in [5, 5.41) is 0. The highest BCUT2D eigenvalue weighted by molar-refractivity contribution is 5.94. The monoisotopic (exact) mass is 316 g/mol. The summed E-state index contributed by atoms with van der Waals surface area (Å²) in [5.41, 5.74) is 6.45. The van der Waals surface area contributed by atoms with Crippen LogP contribution >= 0.6 is 0 Å². The first-order valence-electron chi connectivity index (χ1n) is 6.84. The molecule has 1 heterocycles. The molecule has 7 heteroatoms. The van der Waals surface area contributed by atoms with Gasteiger partial charge in [-0.25, -0.2) is 4.79 Å². The van der Waals surface area contributed by atoms with Crippen LogP contribution in [0, 0.1) is 13.8 Å². The molecule has 1 aromatic heterocycles. The normalized spacial score (nSPS) is 10.0. The van der Waals surface area contributed by atoms with Gasteiger partial charge in [-0.1, -0.05) is 17.7 Å². The van der Waals surface area contributed by atoms with E-state index in [4.69, 9.17) is 9.15 Å². The number of carbonyl (C=O) groups is 3. The number of rotatable bonds is 4. The Morgan fingerprint density at radius 3 is 2.57 bits per heavy atom. The minimum Gasteiger partial charge on any atom is -0.459 e. The fraction of sp³-hybridized carbons (Fsp3) is 0.188. The molecule has 2 rings (SSSR count). The van der Waals surface area contributed by atoms with E-state index >= 15 is 0 Å². The Labute approximate surface area is 132 Å². The second-order valence-corrected chi connectivity index (χ2v) is 4.87. The fourth-order valence-electron chi connectivity index (χ4n) is 1.88. The molecule has 0 fully saturated rings. The molecule has 2 amide bonds. The lowest BCUT2D eigenvalue weighted by Gasteiger charge is -2.08. The van der Waals surface area contributed by atoms with Gasteiger partial charge >= 0.3 is 11.9 Å². The van der Waals surface area contributed by atoms with Crippen molar-refractivity contribution in [1.82, 2.24) is 10.9 Å². The average molecular weight is 316 g/mol. The number of hydrogen-bond acceptors (Lipinski definition) is 5. The zero-order valence-corrected chi connectivity index (χ0v) is 12.7. The van der Waals surface area contributed by atoms with Crippen molar-refractivity contribution in [2.24, 2.45) is 0 Å². The number of ether oxygens (including phenoxy) is 1. The molecular formula is C16H16N2O5. The summed E-state index contributed by atoms with van der Waals surface area (Å²) in [6, 6.07) is 8.27. The van der Waals surface area contributed by atoms with E-state index in [0.717, 1.165) is 11.1 Å². The van der Waals surface area contributed by atoms with Gasteiger partial charge in [-0.15, -0.1) is 0 Å². The Morgan fingerprint density at radius 2 is 1.91 bits per heavy atom. The number of hydrogen-bond donors (Lipinski definition) is 2. The first-order valence-corrected chi connectivity index (χ1v) is 6.84. The molecule has 0 saturated carbocycles. The van der Waals surface area contributed by atoms with Crippen LogP contribution in [-0.4, -0.2) is 24.4 Å². The molecule has 0 radical (unpaired) electrons. The van der Waals surface area contributed by atoms with Crippen LogP contribution in [0.15, 0.2) is 41.0 Å². The molecule has 0 bridgehead atoms. The SMILES string of the molecule is Cc1ccc(C(=O)OCC(=O)NNC(=O)c2ccco2)c(C)c1. The number of amides is 2. The minimum absolute atomic E-state index is 0.0533. The Balaban J connectivity index is 1.80. The number of nitrogens with one attached hydrogen (secondary N) is 2. The number of aryl methyl sites for hydroxylation is 2. The lowest BCUT2D eigenvalue weighted by atomic mass is 10.1. The van der Waals surface area contributed by atoms with E-state index in [2.05, 4.69) is 10.9 Å². The summed E-state index contributed by atoms with van der Waals surface area (Å²) in [5.74, 6) is -1.82. The van der Waals surface area contributed by atoms with Crippen molar-refractivity contribution < 1.29 is 23.5 Å². The summed E-state index contributed by atoms with van der Waals surface area (Å²) in [4.78, 5) is 35.0. The van der Waals surface area contributed by atoms with Crippen LogP contribution in [0.3, 0.4) is 0 Å². The Kier molecular flexibility index (Phi) is 5.14. The fourth-order valence-corrected chi connectivity index (χ4v) is 1.88. The van der Waals surface area contributed by atoms with Gasteiger partial charge < -0.3 is 9.15 Å². The van der Waals surface area contributed by atoms with Crippen LogP contribution in [0.25, 0.3) is 0 Å². The third-order valence-electron chi connectivity index (χ3n) is 3.00. The van der Waals surface area contributed by atoms with Crippen molar-refractivity contribution in [2.45, 2.75) is 13.8 Å². The molecule has 0 atom stereocenters. The maximum absolute atomic E-state index is 11.9. The van der Waals surface area contributed by atoms with Crippen molar-refractivity contribution in [3.8, 4) is 0 Å². The highest BCUT2D eigenvalue weighted by Crippen LogP contribution is 2.11. The molecule has 0 unspecified atom stereocenters. The van der Waals surface area contributed by atoms with Crippen molar-refractivity contribution >= 4 is 17.8 Å². The van der Waals surface area contributed by atoms with Crippen molar-refractivity contribution in [3.05, 3.63) is 59.0 Å². The number of hydrazine groups is 1. The molecule has 0 aliphatic carbocycles. The summed E-state index contributed by atoms with van der Waals surface area (Å²) in [6.07, 6.45) is 1.34. The number of esters is 1. The predicted molar refractivity (Wildman–Crippen MR) is 80.5 cm³/mol. The van der Waals surface area contributed by atoms with Gasteiger partial charge in [0.2, 0.25) is 0 Å². The van der Waals surface area contributed by atoms with E-state index < -0.39 is 24.4 Å². The molecule has 120 valence electrons. The third-order valence-corrected chi connectivity index (χ3v) is 3.00. The van der Waals surface area contributed by atoms with Crippen LogP contribution in [0.4, 0.5) is 0 Å². The van der Waals surface area contributed by atoms with E-state index in [1.54, 1.807) is 25.1 Å². The smallest absolute Gasteiger partial charge is 0.338 e. The van der Waals surface area contributed by atoms with Crippen LogP contribution in [0.5, 0.6) is 0 Å². The minimum atomic E-state index is -0.664. The van der Waals surface area contributed by atoms with Gasteiger partial charge in [-0.05, 0) is 37.6 Å². The zero-order chi connectivity index (χ0) is 16.8. The van der Waals surface area contributed by atoms with Gasteiger partial charge in [0.1, 0.15) is 0 Å². The van der Waals surface area contributed by atoms with Gasteiger partial charge in [0, 0.05) is 0 Å². The molecule has 0 aliphatic rings. The predicted octanol–water partition coefficient (Wildman–Crippen LogP) is 1.51. The van der Waals surface area contributed by atoms with Crippen molar-refractivity contribution in [2.75, 3.05) is 6.61 Å². The molecule has 0 saturated heterocycles. The van der Waals surface area contributed by atoms with Gasteiger partial charge in [0.15, 0.2) is 12.4 Å². The van der Waals surface area contributed by atoms with Crippen molar-refractivity contribution in [3.63, 3.8) is 0 Å². The quantitative estimate of drug-likeness (QED) is 0.658. The Bertz CT molecular complexity index is 722. The van der Waals surface area contributed by atoms with Crippen LogP contribution in [-0.2, 0) is 9.53 Å². The second-order valence-electron chi connectivity index (χ2n) is 4.87. The molecule has 0 aliphatic heterocycles. The number of furan rings is 1. The highest BCUT2D eigenvalue weighted by atomic mass is 16.5. The van der Waals surface area contributed by atoms with Gasteiger partial charge in [0.25, 0.3) is 5.91 Å². The maximum atomic E-state index is 11.9. The highest BCUT2D eigenvalue weighted by Gasteiger charge is 2.14. The Hall–Kier alpha value is -3.09. The molecule has 7 nitrogen and oxygen atoms in total. The summed E-state index contributed by atoms with van der Waals surface area (Å²) >= 11 is 0. The summed E-state index contributed by atoms with van der Waals surface area (Å²) < 4.78 is 9.77. The second kappa shape index (κ2) is 7.26. The molecule has 1 aromatic carbocycles. The molecule has 2 N–H and O–H groups in total. The van der Waals surface area contributed by atoms with Gasteiger partial charge in [-0.2, -0.15) is 0 Å². The topological polar surface area (TPSA) is 97.6 Å². The van der Waals surface area contributed by atoms with Gasteiger partial charge in [0.05, 0.1) is 11.8 Å². The average Bonchev–Trinajstić information content (AvgIpc) is 3.04. The van der Waals surface area contributed by atoms with Crippen LogP contribution in [0.2, 0.25) is 0 Å². The molecule has 23 heavy (non-hydrogen) atoms. The summed E-state index contributed by atoms with van der Waals surface area (Å²) in [6.45, 7) is 3.19. The molecular weight excluding hydrogens is 300 g/mol. The first-order chi connectivity index (χ1) is 11.0. The number of carbonyl (C=O) groups excluding carboxylic acids is 3. The Morgan fingerprint density at radius 1 is 1.13 bits per heavy atom. The van der Waals surface area contributed by atoms with E-state index in [1.807, 2.05) is 13.0 Å². The molecule has 2 aromatic rings. The lowest BCUT2D eigenvalue weighted by Crippen LogP contribution is -2.43. The van der Waals surface area contributed by atoms with E-state index in [9.17, 15) is 14.4 Å². The maximum Gasteiger partial charge on any atom is 0.338 e. The first kappa shape index (κ1) is 16.3. The van der Waals surface area contributed by atoms with E-state index in [-0.39, 0.29) is 5.76 Å². The van der Waals surface area contributed by atoms with Gasteiger partial charge in [-0.3, -0.25) is 20.4 Å². The number of benzene rings is 1. The zero-order valence-electron chi connectivity index (χ0n) is 12.7. The molecule has 0 spiro atoms. The lowest BCUT2D eigenvalue weighted by molar-refractivity contribution is -0.125.